The van der Waals surface area contributed by atoms with Gasteiger partial charge in [0.05, 0.1) is 18.8 Å². The lowest BCUT2D eigenvalue weighted by Gasteiger charge is -2.24. The Kier molecular flexibility index (Phi) is 4.30. The van der Waals surface area contributed by atoms with Crippen LogP contribution in [0.2, 0.25) is 0 Å². The summed E-state index contributed by atoms with van der Waals surface area (Å²) in [5, 5.41) is 2.87. The maximum atomic E-state index is 14.7. The molecule has 1 aromatic carbocycles. The number of hydrogen-bond donors (Lipinski definition) is 1. The van der Waals surface area contributed by atoms with Crippen molar-refractivity contribution in [3.05, 3.63) is 29.6 Å². The molecule has 2 aliphatic carbocycles. The van der Waals surface area contributed by atoms with E-state index in [1.807, 2.05) is 23.9 Å². The molecule has 2 aliphatic heterocycles. The number of anilines is 1. The smallest absolute Gasteiger partial charge is 0.414 e. The fourth-order valence-corrected chi connectivity index (χ4v) is 6.11. The Morgan fingerprint density at radius 1 is 1.30 bits per heavy atom. The largest absolute Gasteiger partial charge is 0.442 e. The number of carbonyl (C=O) groups is 2. The number of rotatable bonds is 5. The Balaban J connectivity index is 1.21. The Bertz CT molecular complexity index is 774. The summed E-state index contributed by atoms with van der Waals surface area (Å²) in [4.78, 5) is 25.6. The van der Waals surface area contributed by atoms with Crippen molar-refractivity contribution in [3.63, 3.8) is 0 Å². The third kappa shape index (κ3) is 3.10. The number of nitrogens with one attached hydrogen (secondary N) is 1. The van der Waals surface area contributed by atoms with E-state index in [0.29, 0.717) is 36.5 Å². The van der Waals surface area contributed by atoms with Crippen molar-refractivity contribution in [2.45, 2.75) is 31.3 Å². The SMILES string of the molecule is O=C(NC[C@H]1CN(c2ccc(C3[C@H]4CSC[C@@H]34)c(F)c2)C(=O)O1)C1CCC1. The molecule has 0 bridgehead atoms. The molecule has 27 heavy (non-hydrogen) atoms. The van der Waals surface area contributed by atoms with Crippen LogP contribution in [0.25, 0.3) is 0 Å². The number of nitrogens with zero attached hydrogens (tertiary/aromatic N) is 1. The number of ether oxygens (including phenoxy) is 1. The van der Waals surface area contributed by atoms with Crippen LogP contribution in [0.3, 0.4) is 0 Å². The van der Waals surface area contributed by atoms with Crippen LogP contribution in [0.1, 0.15) is 30.7 Å². The van der Waals surface area contributed by atoms with Crippen LogP contribution in [-0.2, 0) is 9.53 Å². The topological polar surface area (TPSA) is 58.6 Å². The van der Waals surface area contributed by atoms with E-state index in [2.05, 4.69) is 5.32 Å². The van der Waals surface area contributed by atoms with Crippen LogP contribution in [0, 0.1) is 23.6 Å². The lowest BCUT2D eigenvalue weighted by Crippen LogP contribution is -2.39. The maximum absolute atomic E-state index is 14.7. The molecule has 4 fully saturated rings. The first-order valence-electron chi connectivity index (χ1n) is 9.75. The summed E-state index contributed by atoms with van der Waals surface area (Å²) in [6.45, 7) is 0.634. The van der Waals surface area contributed by atoms with Gasteiger partial charge in [-0.25, -0.2) is 9.18 Å². The Labute approximate surface area is 162 Å². The molecule has 5 rings (SSSR count). The molecule has 2 heterocycles. The van der Waals surface area contributed by atoms with Crippen LogP contribution >= 0.6 is 11.8 Å². The minimum atomic E-state index is -0.482. The second-order valence-electron chi connectivity index (χ2n) is 8.09. The molecule has 0 aromatic heterocycles. The first-order valence-corrected chi connectivity index (χ1v) is 10.9. The molecule has 1 aromatic rings. The first kappa shape index (κ1) is 17.3. The highest BCUT2D eigenvalue weighted by molar-refractivity contribution is 7.99. The molecule has 2 amide bonds. The zero-order valence-electron chi connectivity index (χ0n) is 15.0. The van der Waals surface area contributed by atoms with Crippen LogP contribution in [-0.4, -0.2) is 42.7 Å². The number of cyclic esters (lactones) is 1. The van der Waals surface area contributed by atoms with E-state index in [1.54, 1.807) is 0 Å². The zero-order chi connectivity index (χ0) is 18.5. The normalized spacial score (nSPS) is 32.0. The van der Waals surface area contributed by atoms with Crippen LogP contribution < -0.4 is 10.2 Å². The monoisotopic (exact) mass is 390 g/mol. The van der Waals surface area contributed by atoms with Gasteiger partial charge in [0.1, 0.15) is 11.9 Å². The van der Waals surface area contributed by atoms with E-state index < -0.39 is 12.2 Å². The summed E-state index contributed by atoms with van der Waals surface area (Å²) in [5.41, 5.74) is 1.31. The minimum absolute atomic E-state index is 0.0410. The Morgan fingerprint density at radius 3 is 2.74 bits per heavy atom. The van der Waals surface area contributed by atoms with Gasteiger partial charge in [-0.05, 0) is 59.8 Å². The minimum Gasteiger partial charge on any atom is -0.442 e. The van der Waals surface area contributed by atoms with E-state index in [9.17, 15) is 14.0 Å². The molecule has 2 saturated carbocycles. The average molecular weight is 390 g/mol. The van der Waals surface area contributed by atoms with Gasteiger partial charge in [0.25, 0.3) is 0 Å². The zero-order valence-corrected chi connectivity index (χ0v) is 15.8. The van der Waals surface area contributed by atoms with Gasteiger partial charge >= 0.3 is 6.09 Å². The number of benzene rings is 1. The predicted octanol–water partition coefficient (Wildman–Crippen LogP) is 3.14. The lowest BCUT2D eigenvalue weighted by molar-refractivity contribution is -0.127. The van der Waals surface area contributed by atoms with Gasteiger partial charge in [0.2, 0.25) is 5.91 Å². The number of thioether (sulfide) groups is 1. The summed E-state index contributed by atoms with van der Waals surface area (Å²) < 4.78 is 20.0. The van der Waals surface area contributed by atoms with Gasteiger partial charge < -0.3 is 10.1 Å². The highest BCUT2D eigenvalue weighted by Gasteiger charge is 2.54. The molecule has 1 unspecified atom stereocenters. The lowest BCUT2D eigenvalue weighted by atomic mass is 9.85. The van der Waals surface area contributed by atoms with Crippen LogP contribution in [0.15, 0.2) is 18.2 Å². The maximum Gasteiger partial charge on any atom is 0.414 e. The number of fused-ring (bicyclic) bond motifs is 1. The van der Waals surface area contributed by atoms with Crippen LogP contribution in [0.5, 0.6) is 0 Å². The summed E-state index contributed by atoms with van der Waals surface area (Å²) >= 11 is 1.95. The molecule has 144 valence electrons. The highest BCUT2D eigenvalue weighted by Crippen LogP contribution is 2.61. The standard InChI is InChI=1S/C20H23FN2O3S/c21-17-6-12(4-5-14(17)18-15-9-27-10-16(15)18)23-8-13(26-20(23)25)7-22-19(24)11-2-1-3-11/h4-6,11,13,15-16,18H,1-3,7-10H2,(H,22,24)/t13-,15-,16+,18?/m0/s1. The number of carbonyl (C=O) groups excluding carboxylic acids is 2. The highest BCUT2D eigenvalue weighted by atomic mass is 32.2. The fraction of sp³-hybridized carbons (Fsp3) is 0.600. The van der Waals surface area contributed by atoms with Crippen molar-refractivity contribution in [2.75, 3.05) is 29.5 Å². The van der Waals surface area contributed by atoms with E-state index in [1.165, 1.54) is 11.0 Å². The summed E-state index contributed by atoms with van der Waals surface area (Å²) in [5.74, 6) is 3.77. The van der Waals surface area contributed by atoms with Crippen molar-refractivity contribution in [3.8, 4) is 0 Å². The van der Waals surface area contributed by atoms with Crippen molar-refractivity contribution in [1.82, 2.24) is 5.32 Å². The van der Waals surface area contributed by atoms with Crippen molar-refractivity contribution in [1.29, 1.82) is 0 Å². The molecule has 4 atom stereocenters. The van der Waals surface area contributed by atoms with Crippen LogP contribution in [0.4, 0.5) is 14.9 Å². The molecule has 4 aliphatic rings. The van der Waals surface area contributed by atoms with Gasteiger partial charge in [-0.2, -0.15) is 11.8 Å². The van der Waals surface area contributed by atoms with Gasteiger partial charge in [-0.3, -0.25) is 9.69 Å². The first-order chi connectivity index (χ1) is 13.1. The van der Waals surface area contributed by atoms with E-state index in [0.717, 1.165) is 36.3 Å². The number of halogens is 1. The van der Waals surface area contributed by atoms with Gasteiger partial charge in [-0.1, -0.05) is 12.5 Å². The molecular weight excluding hydrogens is 367 g/mol. The average Bonchev–Trinajstić information content (AvgIpc) is 2.94. The van der Waals surface area contributed by atoms with Crippen molar-refractivity contribution < 1.29 is 18.7 Å². The summed E-state index contributed by atoms with van der Waals surface area (Å²) in [6.07, 6.45) is 2.10. The predicted molar refractivity (Wildman–Crippen MR) is 101 cm³/mol. The summed E-state index contributed by atoms with van der Waals surface area (Å²) in [6, 6.07) is 5.10. The summed E-state index contributed by atoms with van der Waals surface area (Å²) in [7, 11) is 0. The third-order valence-corrected chi connectivity index (χ3v) is 7.70. The van der Waals surface area contributed by atoms with Gasteiger partial charge in [0, 0.05) is 5.92 Å². The second-order valence-corrected chi connectivity index (χ2v) is 9.16. The molecule has 5 nitrogen and oxygen atoms in total. The molecule has 0 spiro atoms. The fourth-order valence-electron chi connectivity index (χ4n) is 4.52. The number of amides is 2. The Hall–Kier alpha value is -1.76. The molecule has 0 radical (unpaired) electrons. The van der Waals surface area contributed by atoms with E-state index in [4.69, 9.17) is 4.74 Å². The van der Waals surface area contributed by atoms with Crippen molar-refractivity contribution in [2.24, 2.45) is 17.8 Å². The molecule has 1 N–H and O–H groups in total. The van der Waals surface area contributed by atoms with E-state index >= 15 is 0 Å². The van der Waals surface area contributed by atoms with E-state index in [-0.39, 0.29) is 17.6 Å². The Morgan fingerprint density at radius 2 is 2.07 bits per heavy atom. The second kappa shape index (κ2) is 6.69. The molecule has 7 heteroatoms. The van der Waals surface area contributed by atoms with Gasteiger partial charge in [-0.15, -0.1) is 0 Å². The van der Waals surface area contributed by atoms with Crippen molar-refractivity contribution >= 4 is 29.4 Å². The molecule has 2 saturated heterocycles. The third-order valence-electron chi connectivity index (χ3n) is 6.46. The van der Waals surface area contributed by atoms with Gasteiger partial charge in [0.15, 0.2) is 0 Å². The molecular formula is C20H23FN2O3S. The quantitative estimate of drug-likeness (QED) is 0.839. The number of hydrogen-bond acceptors (Lipinski definition) is 4.